The molecule has 0 unspecified atom stereocenters. The average Bonchev–Trinajstić information content (AvgIpc) is 3.14. The molecule has 0 spiro atoms. The van der Waals surface area contributed by atoms with E-state index in [1.165, 1.54) is 5.56 Å². The normalized spacial score (nSPS) is 10.9. The molecule has 0 fully saturated rings. The van der Waals surface area contributed by atoms with Crippen molar-refractivity contribution >= 4 is 23.6 Å². The van der Waals surface area contributed by atoms with E-state index in [2.05, 4.69) is 15.3 Å². The van der Waals surface area contributed by atoms with Gasteiger partial charge in [-0.25, -0.2) is 4.98 Å². The fourth-order valence-electron chi connectivity index (χ4n) is 2.37. The van der Waals surface area contributed by atoms with Crippen LogP contribution in [0.25, 0.3) is 6.08 Å². The van der Waals surface area contributed by atoms with E-state index in [4.69, 9.17) is 11.6 Å². The summed E-state index contributed by atoms with van der Waals surface area (Å²) in [5.74, 6) is -0.128. The number of amides is 1. The first kappa shape index (κ1) is 17.0. The monoisotopic (exact) mass is 351 g/mol. The van der Waals surface area contributed by atoms with Crippen molar-refractivity contribution in [3.8, 4) is 0 Å². The molecule has 2 aromatic carbocycles. The molecule has 0 atom stereocenters. The largest absolute Gasteiger partial charge is 0.348 e. The summed E-state index contributed by atoms with van der Waals surface area (Å²) in [6.07, 6.45) is 7.65. The third-order valence-corrected chi connectivity index (χ3v) is 3.99. The van der Waals surface area contributed by atoms with Gasteiger partial charge in [-0.3, -0.25) is 4.79 Å². The van der Waals surface area contributed by atoms with Crippen LogP contribution in [0.2, 0.25) is 5.02 Å². The number of aromatic amines is 1. The van der Waals surface area contributed by atoms with Gasteiger partial charge in [0.2, 0.25) is 5.91 Å². The van der Waals surface area contributed by atoms with Crippen molar-refractivity contribution in [2.24, 2.45) is 0 Å². The smallest absolute Gasteiger partial charge is 0.244 e. The minimum absolute atomic E-state index is 0.128. The zero-order valence-corrected chi connectivity index (χ0v) is 14.3. The molecule has 1 heterocycles. The van der Waals surface area contributed by atoms with E-state index in [-0.39, 0.29) is 5.91 Å². The molecule has 3 rings (SSSR count). The number of carbonyl (C=O) groups excluding carboxylic acids is 1. The second-order valence-electron chi connectivity index (χ2n) is 5.67. The summed E-state index contributed by atoms with van der Waals surface area (Å²) in [4.78, 5) is 19.0. The Bertz CT molecular complexity index is 838. The van der Waals surface area contributed by atoms with E-state index >= 15 is 0 Å². The molecule has 5 heteroatoms. The van der Waals surface area contributed by atoms with Crippen LogP contribution in [0.15, 0.2) is 67.1 Å². The quantitative estimate of drug-likeness (QED) is 0.660. The maximum Gasteiger partial charge on any atom is 0.244 e. The van der Waals surface area contributed by atoms with Crippen molar-refractivity contribution in [1.29, 1.82) is 0 Å². The highest BCUT2D eigenvalue weighted by molar-refractivity contribution is 6.30. The number of hydrogen-bond acceptors (Lipinski definition) is 2. The Hall–Kier alpha value is -2.85. The molecule has 3 aromatic rings. The van der Waals surface area contributed by atoms with Crippen LogP contribution >= 0.6 is 11.6 Å². The van der Waals surface area contributed by atoms with Crippen molar-refractivity contribution in [3.05, 3.63) is 94.5 Å². The van der Waals surface area contributed by atoms with E-state index in [0.29, 0.717) is 11.6 Å². The van der Waals surface area contributed by atoms with Gasteiger partial charge >= 0.3 is 0 Å². The van der Waals surface area contributed by atoms with Crippen LogP contribution in [-0.4, -0.2) is 15.9 Å². The molecular weight excluding hydrogens is 334 g/mol. The summed E-state index contributed by atoms with van der Waals surface area (Å²) in [6.45, 7) is 0.476. The minimum atomic E-state index is -0.128. The van der Waals surface area contributed by atoms with Crippen molar-refractivity contribution in [1.82, 2.24) is 15.3 Å². The Morgan fingerprint density at radius 3 is 2.48 bits per heavy atom. The van der Waals surface area contributed by atoms with Gasteiger partial charge in [-0.05, 0) is 34.9 Å². The number of rotatable bonds is 6. The lowest BCUT2D eigenvalue weighted by atomic mass is 10.1. The van der Waals surface area contributed by atoms with Crippen molar-refractivity contribution in [2.75, 3.05) is 0 Å². The second kappa shape index (κ2) is 8.31. The zero-order chi connectivity index (χ0) is 17.5. The number of aromatic nitrogens is 2. The van der Waals surface area contributed by atoms with Crippen LogP contribution in [-0.2, 0) is 17.8 Å². The third-order valence-electron chi connectivity index (χ3n) is 3.74. The van der Waals surface area contributed by atoms with Crippen LogP contribution < -0.4 is 5.32 Å². The van der Waals surface area contributed by atoms with Crippen LogP contribution in [0.3, 0.4) is 0 Å². The third kappa shape index (κ3) is 5.33. The van der Waals surface area contributed by atoms with E-state index in [0.717, 1.165) is 23.2 Å². The average molecular weight is 352 g/mol. The van der Waals surface area contributed by atoms with Crippen LogP contribution in [0, 0.1) is 0 Å². The van der Waals surface area contributed by atoms with Gasteiger partial charge in [0.25, 0.3) is 0 Å². The summed E-state index contributed by atoms with van der Waals surface area (Å²) in [5, 5.41) is 3.54. The molecule has 0 aliphatic heterocycles. The highest BCUT2D eigenvalue weighted by atomic mass is 35.5. The van der Waals surface area contributed by atoms with Crippen LogP contribution in [0.1, 0.15) is 22.4 Å². The second-order valence-corrected chi connectivity index (χ2v) is 6.11. The first-order valence-corrected chi connectivity index (χ1v) is 8.33. The van der Waals surface area contributed by atoms with Gasteiger partial charge in [0, 0.05) is 36.0 Å². The Labute approximate surface area is 151 Å². The molecule has 0 aliphatic rings. The van der Waals surface area contributed by atoms with E-state index < -0.39 is 0 Å². The first-order valence-electron chi connectivity index (χ1n) is 7.95. The standard InChI is InChI=1S/C20H18ClN3O/c21-18-8-5-17(6-9-18)12-23-20(25)10-7-15-1-3-16(4-2-15)11-19-13-22-14-24-19/h1-10,13-14H,11-12H2,(H,22,24)(H,23,25). The summed E-state index contributed by atoms with van der Waals surface area (Å²) in [7, 11) is 0. The first-order chi connectivity index (χ1) is 12.2. The molecule has 1 aromatic heterocycles. The summed E-state index contributed by atoms with van der Waals surface area (Å²) in [5.41, 5.74) is 4.25. The minimum Gasteiger partial charge on any atom is -0.348 e. The molecule has 1 amide bonds. The van der Waals surface area contributed by atoms with Crippen molar-refractivity contribution in [2.45, 2.75) is 13.0 Å². The van der Waals surface area contributed by atoms with Crippen LogP contribution in [0.5, 0.6) is 0 Å². The Balaban J connectivity index is 1.50. The number of halogens is 1. The summed E-state index contributed by atoms with van der Waals surface area (Å²) < 4.78 is 0. The Kier molecular flexibility index (Phi) is 5.65. The van der Waals surface area contributed by atoms with Gasteiger partial charge < -0.3 is 10.3 Å². The highest BCUT2D eigenvalue weighted by Crippen LogP contribution is 2.11. The molecule has 0 bridgehead atoms. The number of nitrogens with one attached hydrogen (secondary N) is 2. The number of imidazole rings is 1. The van der Waals surface area contributed by atoms with Gasteiger partial charge in [0.05, 0.1) is 6.33 Å². The molecular formula is C20H18ClN3O. The number of H-pyrrole nitrogens is 1. The molecule has 4 nitrogen and oxygen atoms in total. The maximum atomic E-state index is 11.9. The van der Waals surface area contributed by atoms with Gasteiger partial charge in [-0.1, -0.05) is 48.0 Å². The lowest BCUT2D eigenvalue weighted by Gasteiger charge is -2.03. The van der Waals surface area contributed by atoms with Gasteiger partial charge in [0.15, 0.2) is 0 Å². The lowest BCUT2D eigenvalue weighted by molar-refractivity contribution is -0.116. The molecule has 126 valence electrons. The Morgan fingerprint density at radius 2 is 1.80 bits per heavy atom. The maximum absolute atomic E-state index is 11.9. The van der Waals surface area contributed by atoms with Gasteiger partial charge in [-0.2, -0.15) is 0 Å². The molecule has 0 aliphatic carbocycles. The van der Waals surface area contributed by atoms with E-state index in [9.17, 15) is 4.79 Å². The molecule has 0 saturated heterocycles. The summed E-state index contributed by atoms with van der Waals surface area (Å²) in [6, 6.07) is 15.5. The van der Waals surface area contributed by atoms with Crippen molar-refractivity contribution in [3.63, 3.8) is 0 Å². The Morgan fingerprint density at radius 1 is 1.08 bits per heavy atom. The fraction of sp³-hybridized carbons (Fsp3) is 0.100. The van der Waals surface area contributed by atoms with Gasteiger partial charge in [0.1, 0.15) is 0 Å². The topological polar surface area (TPSA) is 57.8 Å². The predicted molar refractivity (Wildman–Crippen MR) is 100 cm³/mol. The molecule has 0 radical (unpaired) electrons. The molecule has 2 N–H and O–H groups in total. The highest BCUT2D eigenvalue weighted by Gasteiger charge is 1.99. The van der Waals surface area contributed by atoms with E-state index in [1.807, 2.05) is 54.7 Å². The SMILES string of the molecule is O=C(C=Cc1ccc(Cc2cnc[nH]2)cc1)NCc1ccc(Cl)cc1. The lowest BCUT2D eigenvalue weighted by Crippen LogP contribution is -2.20. The van der Waals surface area contributed by atoms with E-state index in [1.54, 1.807) is 18.5 Å². The zero-order valence-electron chi connectivity index (χ0n) is 13.6. The fourth-order valence-corrected chi connectivity index (χ4v) is 2.50. The predicted octanol–water partition coefficient (Wildman–Crippen LogP) is 3.98. The van der Waals surface area contributed by atoms with Crippen LogP contribution in [0.4, 0.5) is 0 Å². The summed E-state index contributed by atoms with van der Waals surface area (Å²) >= 11 is 5.84. The number of nitrogens with zero attached hydrogens (tertiary/aromatic N) is 1. The number of carbonyl (C=O) groups is 1. The van der Waals surface area contributed by atoms with Gasteiger partial charge in [-0.15, -0.1) is 0 Å². The molecule has 0 saturated carbocycles. The molecule has 25 heavy (non-hydrogen) atoms. The number of hydrogen-bond donors (Lipinski definition) is 2. The number of benzene rings is 2. The van der Waals surface area contributed by atoms with Crippen molar-refractivity contribution < 1.29 is 4.79 Å².